The van der Waals surface area contributed by atoms with Crippen molar-refractivity contribution >= 4 is 5.91 Å². The van der Waals surface area contributed by atoms with Gasteiger partial charge >= 0.3 is 0 Å². The Morgan fingerprint density at radius 3 is 1.81 bits per heavy atom. The van der Waals surface area contributed by atoms with E-state index in [9.17, 15) is 4.79 Å². The van der Waals surface area contributed by atoms with Gasteiger partial charge in [0.1, 0.15) is 0 Å². The van der Waals surface area contributed by atoms with Gasteiger partial charge in [0.05, 0.1) is 11.6 Å². The van der Waals surface area contributed by atoms with Crippen LogP contribution in [-0.4, -0.2) is 11.4 Å². The first-order valence-electron chi connectivity index (χ1n) is 7.39. The molecule has 1 amide bonds. The molecular weight excluding hydrogens is 260 g/mol. The van der Waals surface area contributed by atoms with Crippen molar-refractivity contribution in [3.8, 4) is 0 Å². The van der Waals surface area contributed by atoms with E-state index >= 15 is 0 Å². The summed E-state index contributed by atoms with van der Waals surface area (Å²) in [5.74, 6) is -0.0496. The molecule has 1 saturated carbocycles. The summed E-state index contributed by atoms with van der Waals surface area (Å²) < 4.78 is 0. The molecule has 21 heavy (non-hydrogen) atoms. The van der Waals surface area contributed by atoms with Crippen molar-refractivity contribution in [3.05, 3.63) is 71.8 Å². The molecule has 0 unspecified atom stereocenters. The van der Waals surface area contributed by atoms with Crippen LogP contribution >= 0.6 is 0 Å². The molecule has 1 aliphatic rings. The van der Waals surface area contributed by atoms with Crippen molar-refractivity contribution in [2.24, 2.45) is 5.73 Å². The van der Waals surface area contributed by atoms with Gasteiger partial charge < -0.3 is 11.1 Å². The molecule has 108 valence electrons. The van der Waals surface area contributed by atoms with Gasteiger partial charge in [-0.05, 0) is 30.4 Å². The van der Waals surface area contributed by atoms with Gasteiger partial charge in [-0.3, -0.25) is 4.79 Å². The fraction of sp³-hybridized carbons (Fsp3) is 0.278. The van der Waals surface area contributed by atoms with E-state index in [1.165, 1.54) is 0 Å². The number of rotatable bonds is 4. The summed E-state index contributed by atoms with van der Waals surface area (Å²) in [6.45, 7) is 0. The molecule has 2 aromatic carbocycles. The molecule has 3 heteroatoms. The minimum Gasteiger partial charge on any atom is -0.344 e. The van der Waals surface area contributed by atoms with E-state index in [1.54, 1.807) is 0 Å². The number of hydrogen-bond acceptors (Lipinski definition) is 2. The largest absolute Gasteiger partial charge is 0.344 e. The third-order valence-electron chi connectivity index (χ3n) is 4.24. The van der Waals surface area contributed by atoms with E-state index in [4.69, 9.17) is 5.73 Å². The molecule has 0 saturated heterocycles. The standard InChI is InChI=1S/C18H20N2O/c19-18(12-7-13-18)17(21)20-16(14-8-3-1-4-9-14)15-10-5-2-6-11-15/h1-6,8-11,16H,7,12-13,19H2,(H,20,21). The maximum absolute atomic E-state index is 12.5. The van der Waals surface area contributed by atoms with Crippen LogP contribution in [0.25, 0.3) is 0 Å². The van der Waals surface area contributed by atoms with Crippen molar-refractivity contribution in [2.75, 3.05) is 0 Å². The van der Waals surface area contributed by atoms with Crippen molar-refractivity contribution in [3.63, 3.8) is 0 Å². The van der Waals surface area contributed by atoms with Gasteiger partial charge in [0.25, 0.3) is 0 Å². The van der Waals surface area contributed by atoms with E-state index in [0.717, 1.165) is 30.4 Å². The average Bonchev–Trinajstić information content (AvgIpc) is 2.51. The maximum atomic E-state index is 12.5. The van der Waals surface area contributed by atoms with Crippen LogP contribution in [0.5, 0.6) is 0 Å². The van der Waals surface area contributed by atoms with Gasteiger partial charge in [0, 0.05) is 0 Å². The van der Waals surface area contributed by atoms with Crippen LogP contribution in [0.4, 0.5) is 0 Å². The highest BCUT2D eigenvalue weighted by atomic mass is 16.2. The summed E-state index contributed by atoms with van der Waals surface area (Å²) >= 11 is 0. The Labute approximate surface area is 125 Å². The van der Waals surface area contributed by atoms with Crippen LogP contribution in [0.1, 0.15) is 36.4 Å². The number of nitrogens with two attached hydrogens (primary N) is 1. The molecule has 0 aromatic heterocycles. The molecule has 3 N–H and O–H groups in total. The lowest BCUT2D eigenvalue weighted by Gasteiger charge is -2.37. The lowest BCUT2D eigenvalue weighted by atomic mass is 9.76. The van der Waals surface area contributed by atoms with E-state index in [0.29, 0.717) is 0 Å². The summed E-state index contributed by atoms with van der Waals surface area (Å²) in [5.41, 5.74) is 7.60. The highest BCUT2D eigenvalue weighted by Gasteiger charge is 2.41. The molecule has 0 heterocycles. The zero-order chi connectivity index (χ0) is 14.7. The lowest BCUT2D eigenvalue weighted by Crippen LogP contribution is -2.59. The van der Waals surface area contributed by atoms with Gasteiger partial charge in [-0.1, -0.05) is 60.7 Å². The minimum atomic E-state index is -0.679. The van der Waals surface area contributed by atoms with E-state index in [2.05, 4.69) is 5.32 Å². The fourth-order valence-corrected chi connectivity index (χ4v) is 2.71. The quantitative estimate of drug-likeness (QED) is 0.905. The van der Waals surface area contributed by atoms with Gasteiger partial charge in [0.2, 0.25) is 5.91 Å². The SMILES string of the molecule is NC1(C(=O)NC(c2ccccc2)c2ccccc2)CCC1. The van der Waals surface area contributed by atoms with E-state index < -0.39 is 5.54 Å². The normalized spacial score (nSPS) is 16.3. The second-order valence-corrected chi connectivity index (χ2v) is 5.74. The average molecular weight is 280 g/mol. The molecule has 1 aliphatic carbocycles. The number of carbonyl (C=O) groups excluding carboxylic acids is 1. The zero-order valence-corrected chi connectivity index (χ0v) is 12.0. The number of hydrogen-bond donors (Lipinski definition) is 2. The van der Waals surface area contributed by atoms with Gasteiger partial charge in [-0.25, -0.2) is 0 Å². The summed E-state index contributed by atoms with van der Waals surface area (Å²) in [5, 5.41) is 3.13. The highest BCUT2D eigenvalue weighted by Crippen LogP contribution is 2.31. The fourth-order valence-electron chi connectivity index (χ4n) is 2.71. The third-order valence-corrected chi connectivity index (χ3v) is 4.24. The monoisotopic (exact) mass is 280 g/mol. The van der Waals surface area contributed by atoms with Gasteiger partial charge in [0.15, 0.2) is 0 Å². The van der Waals surface area contributed by atoms with Crippen LogP contribution in [0.3, 0.4) is 0 Å². The molecule has 0 radical (unpaired) electrons. The zero-order valence-electron chi connectivity index (χ0n) is 12.0. The van der Waals surface area contributed by atoms with Gasteiger partial charge in [-0.2, -0.15) is 0 Å². The smallest absolute Gasteiger partial charge is 0.240 e. The summed E-state index contributed by atoms with van der Waals surface area (Å²) in [7, 11) is 0. The Bertz CT molecular complexity index is 566. The number of nitrogens with one attached hydrogen (secondary N) is 1. The second-order valence-electron chi connectivity index (χ2n) is 5.74. The van der Waals surface area contributed by atoms with Crippen molar-refractivity contribution < 1.29 is 4.79 Å². The third kappa shape index (κ3) is 2.83. The second kappa shape index (κ2) is 5.70. The predicted octanol–water partition coefficient (Wildman–Crippen LogP) is 2.77. The first kappa shape index (κ1) is 13.8. The van der Waals surface area contributed by atoms with E-state index in [-0.39, 0.29) is 11.9 Å². The molecule has 3 nitrogen and oxygen atoms in total. The molecule has 2 aromatic rings. The van der Waals surface area contributed by atoms with Crippen LogP contribution in [-0.2, 0) is 4.79 Å². The topological polar surface area (TPSA) is 55.1 Å². The Morgan fingerprint density at radius 1 is 0.952 bits per heavy atom. The molecule has 0 aliphatic heterocycles. The predicted molar refractivity (Wildman–Crippen MR) is 83.6 cm³/mol. The molecule has 0 atom stereocenters. The Balaban J connectivity index is 1.88. The maximum Gasteiger partial charge on any atom is 0.240 e. The van der Waals surface area contributed by atoms with Crippen molar-refractivity contribution in [1.82, 2.24) is 5.32 Å². The number of carbonyl (C=O) groups is 1. The summed E-state index contributed by atoms with van der Waals surface area (Å²) in [4.78, 5) is 12.5. The van der Waals surface area contributed by atoms with Crippen LogP contribution in [0.15, 0.2) is 60.7 Å². The first-order valence-corrected chi connectivity index (χ1v) is 7.39. The number of benzene rings is 2. The van der Waals surface area contributed by atoms with Crippen LogP contribution in [0.2, 0.25) is 0 Å². The van der Waals surface area contributed by atoms with Crippen LogP contribution in [0, 0.1) is 0 Å². The molecule has 1 fully saturated rings. The van der Waals surface area contributed by atoms with Gasteiger partial charge in [-0.15, -0.1) is 0 Å². The molecular formula is C18H20N2O. The van der Waals surface area contributed by atoms with Crippen molar-refractivity contribution in [2.45, 2.75) is 30.8 Å². The lowest BCUT2D eigenvalue weighted by molar-refractivity contribution is -0.129. The summed E-state index contributed by atoms with van der Waals surface area (Å²) in [6, 6.07) is 19.9. The number of amides is 1. The van der Waals surface area contributed by atoms with Crippen LogP contribution < -0.4 is 11.1 Å². The minimum absolute atomic E-state index is 0.0496. The molecule has 3 rings (SSSR count). The Hall–Kier alpha value is -2.13. The highest BCUT2D eigenvalue weighted by molar-refractivity contribution is 5.87. The Morgan fingerprint density at radius 2 is 1.43 bits per heavy atom. The van der Waals surface area contributed by atoms with E-state index in [1.807, 2.05) is 60.7 Å². The Kier molecular flexibility index (Phi) is 3.76. The first-order chi connectivity index (χ1) is 10.2. The summed E-state index contributed by atoms with van der Waals surface area (Å²) in [6.07, 6.45) is 2.58. The molecule has 0 bridgehead atoms. The van der Waals surface area contributed by atoms with Crippen molar-refractivity contribution in [1.29, 1.82) is 0 Å². The molecule has 0 spiro atoms.